The van der Waals surface area contributed by atoms with Gasteiger partial charge in [-0.2, -0.15) is 0 Å². The lowest BCUT2D eigenvalue weighted by molar-refractivity contribution is -0.161. The van der Waals surface area contributed by atoms with Gasteiger partial charge in [-0.1, -0.05) is 286 Å². The molecule has 17 nitrogen and oxygen atoms in total. The van der Waals surface area contributed by atoms with Crippen LogP contribution in [-0.4, -0.2) is 96.7 Å². The zero-order valence-corrected chi connectivity index (χ0v) is 65.2. The van der Waals surface area contributed by atoms with Crippen molar-refractivity contribution < 1.29 is 80.2 Å². The zero-order valence-electron chi connectivity index (χ0n) is 63.4. The van der Waals surface area contributed by atoms with Crippen molar-refractivity contribution in [3.05, 3.63) is 85.1 Å². The number of phosphoric ester groups is 2. The highest BCUT2D eigenvalue weighted by molar-refractivity contribution is 7.47. The number of phosphoric acid groups is 2. The van der Waals surface area contributed by atoms with Crippen LogP contribution in [0.25, 0.3) is 0 Å². The number of carbonyl (C=O) groups is 4. The van der Waals surface area contributed by atoms with E-state index in [-0.39, 0.29) is 25.7 Å². The Hall–Kier alpha value is -3.76. The Balaban J connectivity index is 5.36. The molecule has 0 rings (SSSR count). The highest BCUT2D eigenvalue weighted by atomic mass is 31.2. The Kier molecular flexibility index (Phi) is 70.8. The van der Waals surface area contributed by atoms with E-state index < -0.39 is 97.5 Å². The van der Waals surface area contributed by atoms with Gasteiger partial charge in [0.1, 0.15) is 19.3 Å². The summed E-state index contributed by atoms with van der Waals surface area (Å²) in [6.45, 7) is 4.73. The molecule has 0 aliphatic rings. The summed E-state index contributed by atoms with van der Waals surface area (Å²) >= 11 is 0. The molecule has 0 spiro atoms. The fourth-order valence-corrected chi connectivity index (χ4v) is 12.3. The molecule has 0 amide bonds. The Bertz CT molecular complexity index is 2230. The average Bonchev–Trinajstić information content (AvgIpc) is 1.06. The number of aliphatic hydroxyl groups is 1. The summed E-state index contributed by atoms with van der Waals surface area (Å²) in [5, 5.41) is 10.6. The molecule has 0 aromatic carbocycles. The Morgan fingerprint density at radius 2 is 0.520 bits per heavy atom. The second-order valence-corrected chi connectivity index (χ2v) is 29.5. The van der Waals surface area contributed by atoms with Crippen molar-refractivity contribution in [1.29, 1.82) is 0 Å². The Labute approximate surface area is 608 Å². The first-order chi connectivity index (χ1) is 48.7. The van der Waals surface area contributed by atoms with Crippen molar-refractivity contribution in [1.82, 2.24) is 0 Å². The second kappa shape index (κ2) is 73.5. The maximum Gasteiger partial charge on any atom is 0.472 e. The third-order valence-corrected chi connectivity index (χ3v) is 18.7. The largest absolute Gasteiger partial charge is 0.472 e. The van der Waals surface area contributed by atoms with Crippen LogP contribution >= 0.6 is 15.6 Å². The minimum absolute atomic E-state index is 0.0742. The summed E-state index contributed by atoms with van der Waals surface area (Å²) in [5.41, 5.74) is 0. The van der Waals surface area contributed by atoms with Crippen molar-refractivity contribution in [2.45, 2.75) is 367 Å². The number of carbonyl (C=O) groups excluding carboxylic acids is 4. The molecular formula is C81H144O17P2. The predicted octanol–water partition coefficient (Wildman–Crippen LogP) is 23.0. The van der Waals surface area contributed by atoms with Crippen molar-refractivity contribution in [3.8, 4) is 0 Å². The SMILES string of the molecule is CC/C=C\C/C=C\C/C=C\C/C=C\CCCCCCC(=O)OCC(COP(=O)(O)OCC(O)COP(=O)(O)OCC(COC(=O)CCCCCCC/C=C\CCCCCCCC)OC(=O)CCCCCCCCCCCCCCC)OC(=O)CCCCCCC/C=C\C/C=C\CCCCC. The van der Waals surface area contributed by atoms with Gasteiger partial charge >= 0.3 is 39.5 Å². The van der Waals surface area contributed by atoms with Crippen LogP contribution in [-0.2, 0) is 65.4 Å². The van der Waals surface area contributed by atoms with E-state index in [1.165, 1.54) is 109 Å². The smallest absolute Gasteiger partial charge is 0.462 e. The summed E-state index contributed by atoms with van der Waals surface area (Å²) in [6, 6.07) is 0. The molecule has 0 fully saturated rings. The van der Waals surface area contributed by atoms with Crippen LogP contribution in [0.15, 0.2) is 85.1 Å². The predicted molar refractivity (Wildman–Crippen MR) is 409 cm³/mol. The number of rotatable bonds is 75. The van der Waals surface area contributed by atoms with Crippen LogP contribution in [0.4, 0.5) is 0 Å². The number of hydrogen-bond donors (Lipinski definition) is 3. The molecule has 0 bridgehead atoms. The first-order valence-electron chi connectivity index (χ1n) is 39.8. The average molecular weight is 1450 g/mol. The lowest BCUT2D eigenvalue weighted by atomic mass is 10.0. The molecule has 0 heterocycles. The van der Waals surface area contributed by atoms with Crippen LogP contribution in [0.3, 0.4) is 0 Å². The summed E-state index contributed by atoms with van der Waals surface area (Å²) in [5.74, 6) is -2.20. The molecule has 0 aromatic rings. The van der Waals surface area contributed by atoms with Crippen LogP contribution in [0.1, 0.15) is 349 Å². The van der Waals surface area contributed by atoms with E-state index in [0.29, 0.717) is 25.7 Å². The molecule has 100 heavy (non-hydrogen) atoms. The van der Waals surface area contributed by atoms with Crippen LogP contribution in [0.5, 0.6) is 0 Å². The van der Waals surface area contributed by atoms with E-state index >= 15 is 0 Å². The number of allylic oxidation sites excluding steroid dienone is 14. The molecule has 0 aromatic heterocycles. The van der Waals surface area contributed by atoms with Gasteiger partial charge in [0.2, 0.25) is 0 Å². The molecule has 0 saturated carbocycles. The van der Waals surface area contributed by atoms with E-state index in [2.05, 4.69) is 113 Å². The maximum absolute atomic E-state index is 13.1. The summed E-state index contributed by atoms with van der Waals surface area (Å²) in [7, 11) is -9.96. The van der Waals surface area contributed by atoms with Gasteiger partial charge in [0, 0.05) is 25.7 Å². The number of unbranched alkanes of at least 4 members (excludes halogenated alkanes) is 35. The lowest BCUT2D eigenvalue weighted by Crippen LogP contribution is -2.30. The third kappa shape index (κ3) is 72.6. The zero-order chi connectivity index (χ0) is 73.2. The first-order valence-corrected chi connectivity index (χ1v) is 42.8. The molecule has 5 unspecified atom stereocenters. The van der Waals surface area contributed by atoms with E-state index in [4.69, 9.17) is 37.0 Å². The van der Waals surface area contributed by atoms with Crippen LogP contribution in [0.2, 0.25) is 0 Å². The van der Waals surface area contributed by atoms with Gasteiger partial charge in [0.15, 0.2) is 12.2 Å². The van der Waals surface area contributed by atoms with E-state index in [0.717, 1.165) is 161 Å². The van der Waals surface area contributed by atoms with Crippen molar-refractivity contribution in [2.75, 3.05) is 39.6 Å². The maximum atomic E-state index is 13.1. The van der Waals surface area contributed by atoms with Crippen molar-refractivity contribution in [3.63, 3.8) is 0 Å². The monoisotopic (exact) mass is 1450 g/mol. The van der Waals surface area contributed by atoms with Gasteiger partial charge in [-0.15, -0.1) is 0 Å². The lowest BCUT2D eigenvalue weighted by Gasteiger charge is -2.21. The third-order valence-electron chi connectivity index (χ3n) is 16.8. The molecule has 0 aliphatic carbocycles. The normalized spacial score (nSPS) is 14.3. The molecule has 19 heteroatoms. The van der Waals surface area contributed by atoms with Gasteiger partial charge in [-0.3, -0.25) is 37.3 Å². The second-order valence-electron chi connectivity index (χ2n) is 26.6. The summed E-state index contributed by atoms with van der Waals surface area (Å²) in [6.07, 6.45) is 75.6. The van der Waals surface area contributed by atoms with Crippen LogP contribution < -0.4 is 0 Å². The fraction of sp³-hybridized carbons (Fsp3) is 0.778. The van der Waals surface area contributed by atoms with Gasteiger partial charge in [0.25, 0.3) is 0 Å². The van der Waals surface area contributed by atoms with Gasteiger partial charge in [-0.05, 0) is 122 Å². The van der Waals surface area contributed by atoms with Crippen LogP contribution in [0, 0.1) is 0 Å². The Morgan fingerprint density at radius 1 is 0.290 bits per heavy atom. The van der Waals surface area contributed by atoms with Gasteiger partial charge in [0.05, 0.1) is 26.4 Å². The van der Waals surface area contributed by atoms with E-state index in [1.54, 1.807) is 0 Å². The summed E-state index contributed by atoms with van der Waals surface area (Å²) in [4.78, 5) is 73.0. The molecule has 3 N–H and O–H groups in total. The minimum Gasteiger partial charge on any atom is -0.462 e. The number of esters is 4. The molecule has 0 aliphatic heterocycles. The summed E-state index contributed by atoms with van der Waals surface area (Å²) < 4.78 is 68.6. The highest BCUT2D eigenvalue weighted by Crippen LogP contribution is 2.45. The highest BCUT2D eigenvalue weighted by Gasteiger charge is 2.30. The molecule has 5 atom stereocenters. The topological polar surface area (TPSA) is 237 Å². The number of hydrogen-bond acceptors (Lipinski definition) is 15. The molecule has 0 radical (unpaired) electrons. The Morgan fingerprint density at radius 3 is 0.830 bits per heavy atom. The fourth-order valence-electron chi connectivity index (χ4n) is 10.8. The number of ether oxygens (including phenoxy) is 4. The molecular weight excluding hydrogens is 1310 g/mol. The van der Waals surface area contributed by atoms with Crippen molar-refractivity contribution >= 4 is 39.5 Å². The van der Waals surface area contributed by atoms with E-state index in [9.17, 15) is 43.2 Å². The molecule has 0 saturated heterocycles. The van der Waals surface area contributed by atoms with Crippen molar-refractivity contribution in [2.24, 2.45) is 0 Å². The number of aliphatic hydroxyl groups excluding tert-OH is 1. The van der Waals surface area contributed by atoms with Gasteiger partial charge in [-0.25, -0.2) is 9.13 Å². The first kappa shape index (κ1) is 96.2. The van der Waals surface area contributed by atoms with E-state index in [1.807, 2.05) is 0 Å². The quantitative estimate of drug-likeness (QED) is 0.0169. The van der Waals surface area contributed by atoms with Gasteiger partial charge < -0.3 is 33.8 Å². The minimum atomic E-state index is -4.98. The molecule has 580 valence electrons. The standard InChI is InChI=1S/C81H144O17P2/c1-5-9-13-17-21-25-29-33-36-37-40-43-46-50-54-58-62-66-79(84)92-72-77(98-81(86)68-64-60-56-52-48-44-39-35-31-27-23-19-15-11-7-3)74-96-100(89,90)94-70-75(82)69-93-99(87,88)95-73-76(97-80(85)67-63-59-55-51-47-41-32-28-24-20-16-12-8-4)71-91-78(83)65-61-57-53-49-45-42-38-34-30-26-22-18-14-10-6-2/h9,13,21,23,25,27,33-36,38-40,43,75-77,82H,5-8,10-12,14-20,22,24,26,28-32,37,41-42,44-74H2,1-4H3,(H,87,88)(H,89,90)/b13-9-,25-21-,27-23-,36-33-,38-34-,39-35-,43-40-.